The normalized spacial score (nSPS) is 23.2. The van der Waals surface area contributed by atoms with Crippen molar-refractivity contribution < 1.29 is 14.4 Å². The van der Waals surface area contributed by atoms with Gasteiger partial charge in [-0.25, -0.2) is 10.4 Å². The molecule has 2 aromatic carbocycles. The number of halogens is 1. The highest BCUT2D eigenvalue weighted by atomic mass is 35.5. The summed E-state index contributed by atoms with van der Waals surface area (Å²) in [4.78, 5) is 41.0. The van der Waals surface area contributed by atoms with Crippen LogP contribution in [0.2, 0.25) is 5.02 Å². The Hall–Kier alpha value is -3.65. The molecular weight excluding hydrogens is 554 g/mol. The van der Waals surface area contributed by atoms with Crippen LogP contribution < -0.4 is 25.9 Å². The summed E-state index contributed by atoms with van der Waals surface area (Å²) in [6.07, 6.45) is 3.78. The van der Waals surface area contributed by atoms with Gasteiger partial charge in [0.1, 0.15) is 12.1 Å². The van der Waals surface area contributed by atoms with Gasteiger partial charge in [-0.2, -0.15) is 5.26 Å². The molecule has 3 fully saturated rings. The zero-order chi connectivity index (χ0) is 29.8. The molecule has 10 nitrogen and oxygen atoms in total. The maximum absolute atomic E-state index is 13.0. The van der Waals surface area contributed by atoms with Crippen molar-refractivity contribution in [1.82, 2.24) is 21.1 Å². The van der Waals surface area contributed by atoms with E-state index >= 15 is 0 Å². The number of imide groups is 1. The molecule has 1 unspecified atom stereocenters. The van der Waals surface area contributed by atoms with Crippen molar-refractivity contribution in [3.05, 3.63) is 58.6 Å². The minimum absolute atomic E-state index is 0.0169. The van der Waals surface area contributed by atoms with Crippen LogP contribution in [0.5, 0.6) is 0 Å². The molecule has 0 radical (unpaired) electrons. The number of benzene rings is 2. The molecule has 0 saturated carbocycles. The molecule has 3 atom stereocenters. The number of hydrogen-bond acceptors (Lipinski definition) is 8. The lowest BCUT2D eigenvalue weighted by molar-refractivity contribution is -0.135. The second-order valence-electron chi connectivity index (χ2n) is 11.7. The first-order valence-electron chi connectivity index (χ1n) is 14.6. The van der Waals surface area contributed by atoms with Gasteiger partial charge >= 0.3 is 0 Å². The van der Waals surface area contributed by atoms with Crippen LogP contribution in [0.25, 0.3) is 0 Å². The summed E-state index contributed by atoms with van der Waals surface area (Å²) in [5.74, 6) is -0.0310. The Labute approximate surface area is 251 Å². The topological polar surface area (TPSA) is 121 Å². The second kappa shape index (κ2) is 13.1. The molecule has 0 aromatic heterocycles. The van der Waals surface area contributed by atoms with Gasteiger partial charge in [-0.3, -0.25) is 19.7 Å². The van der Waals surface area contributed by atoms with E-state index in [0.29, 0.717) is 41.5 Å². The van der Waals surface area contributed by atoms with Crippen molar-refractivity contribution in [2.45, 2.75) is 57.2 Å². The van der Waals surface area contributed by atoms with Crippen molar-refractivity contribution in [3.63, 3.8) is 0 Å². The number of anilines is 2. The van der Waals surface area contributed by atoms with Gasteiger partial charge < -0.3 is 15.1 Å². The predicted molar refractivity (Wildman–Crippen MR) is 162 cm³/mol. The third-order valence-electron chi connectivity index (χ3n) is 8.57. The lowest BCUT2D eigenvalue weighted by Crippen LogP contribution is -2.55. The van der Waals surface area contributed by atoms with Gasteiger partial charge in [0.2, 0.25) is 11.8 Å². The van der Waals surface area contributed by atoms with Crippen LogP contribution >= 0.6 is 11.6 Å². The van der Waals surface area contributed by atoms with E-state index in [4.69, 9.17) is 16.9 Å². The van der Waals surface area contributed by atoms with Crippen LogP contribution in [-0.4, -0.2) is 74.1 Å². The van der Waals surface area contributed by atoms with Crippen molar-refractivity contribution in [2.24, 2.45) is 5.92 Å². The molecule has 3 saturated heterocycles. The molecule has 5 rings (SSSR count). The molecule has 2 aromatic rings. The number of nitrogens with one attached hydrogen (secondary N) is 3. The zero-order valence-electron chi connectivity index (χ0n) is 24.1. The minimum Gasteiger partial charge on any atom is -0.372 e. The largest absolute Gasteiger partial charge is 0.372 e. The predicted octanol–water partition coefficient (Wildman–Crippen LogP) is 3.07. The summed E-state index contributed by atoms with van der Waals surface area (Å²) in [6.45, 7) is 5.50. The minimum atomic E-state index is -0.360. The smallest absolute Gasteiger partial charge is 0.251 e. The van der Waals surface area contributed by atoms with E-state index in [1.807, 2.05) is 48.5 Å². The standard InChI is InChI=1S/C31H38ClN7O3/c1-20-15-24(19-39(20)26-8-5-23(17-33)27(32)16-26)34-30(41)22-3-6-25(7-4-22)38-13-11-21(12-14-38)18-37(2)36-28-9-10-29(40)35-31(28)42/h3-8,16,20-21,24,28,36H,9-15,18-19H2,1-2H3,(H,34,41)(H,35,40,42)/t20-,24+,28?/m0/s1. The molecule has 3 N–H and O–H groups in total. The van der Waals surface area contributed by atoms with Crippen LogP contribution in [-0.2, 0) is 9.59 Å². The number of hydrazine groups is 1. The fourth-order valence-corrected chi connectivity index (χ4v) is 6.47. The number of amides is 3. The molecule has 0 aliphatic carbocycles. The van der Waals surface area contributed by atoms with E-state index in [9.17, 15) is 14.4 Å². The SMILES string of the molecule is C[C@H]1C[C@@H](NC(=O)c2ccc(N3CCC(CN(C)NC4CCC(=O)NC4=O)CC3)cc2)CN1c1ccc(C#N)c(Cl)c1. The van der Waals surface area contributed by atoms with Crippen LogP contribution in [0.3, 0.4) is 0 Å². The fraction of sp³-hybridized carbons (Fsp3) is 0.484. The third-order valence-corrected chi connectivity index (χ3v) is 8.88. The third kappa shape index (κ3) is 7.04. The molecule has 0 spiro atoms. The average Bonchev–Trinajstić information content (AvgIpc) is 3.34. The first-order valence-corrected chi connectivity index (χ1v) is 15.0. The number of nitrogens with zero attached hydrogens (tertiary/aromatic N) is 4. The number of hydrogen-bond donors (Lipinski definition) is 3. The molecule has 0 bridgehead atoms. The van der Waals surface area contributed by atoms with E-state index < -0.39 is 0 Å². The summed E-state index contributed by atoms with van der Waals surface area (Å²) < 4.78 is 0. The second-order valence-corrected chi connectivity index (χ2v) is 12.1. The summed E-state index contributed by atoms with van der Waals surface area (Å²) in [5, 5.41) is 17.1. The fourth-order valence-electron chi connectivity index (χ4n) is 6.26. The highest BCUT2D eigenvalue weighted by Crippen LogP contribution is 2.30. The van der Waals surface area contributed by atoms with Crippen molar-refractivity contribution >= 4 is 40.7 Å². The van der Waals surface area contributed by atoms with E-state index in [0.717, 1.165) is 50.3 Å². The molecule has 3 aliphatic heterocycles. The summed E-state index contributed by atoms with van der Waals surface area (Å²) in [6, 6.07) is 15.3. The maximum atomic E-state index is 13.0. The highest BCUT2D eigenvalue weighted by molar-refractivity contribution is 6.32. The zero-order valence-corrected chi connectivity index (χ0v) is 24.9. The van der Waals surface area contributed by atoms with Gasteiger partial charge in [-0.05, 0) is 81.0 Å². The molecule has 222 valence electrons. The molecule has 3 aliphatic rings. The first-order chi connectivity index (χ1) is 20.2. The number of nitriles is 1. The Bertz CT molecular complexity index is 1350. The van der Waals surface area contributed by atoms with Gasteiger partial charge in [0.15, 0.2) is 0 Å². The van der Waals surface area contributed by atoms with Gasteiger partial charge in [0.05, 0.1) is 10.6 Å². The molecule has 42 heavy (non-hydrogen) atoms. The Morgan fingerprint density at radius 1 is 1.12 bits per heavy atom. The maximum Gasteiger partial charge on any atom is 0.251 e. The van der Waals surface area contributed by atoms with Crippen LogP contribution in [0.4, 0.5) is 11.4 Å². The van der Waals surface area contributed by atoms with Crippen molar-refractivity contribution in [2.75, 3.05) is 43.0 Å². The summed E-state index contributed by atoms with van der Waals surface area (Å²) in [7, 11) is 1.95. The van der Waals surface area contributed by atoms with E-state index in [-0.39, 0.29) is 35.8 Å². The Kier molecular flexibility index (Phi) is 9.31. The van der Waals surface area contributed by atoms with Gasteiger partial charge in [-0.1, -0.05) is 11.6 Å². The monoisotopic (exact) mass is 591 g/mol. The van der Waals surface area contributed by atoms with Gasteiger partial charge in [-0.15, -0.1) is 0 Å². The van der Waals surface area contributed by atoms with Crippen LogP contribution in [0, 0.1) is 17.2 Å². The van der Waals surface area contributed by atoms with E-state index in [1.54, 1.807) is 6.07 Å². The Morgan fingerprint density at radius 2 is 1.83 bits per heavy atom. The van der Waals surface area contributed by atoms with Gasteiger partial charge in [0, 0.05) is 68.7 Å². The molecular formula is C31H38ClN7O3. The number of rotatable bonds is 8. The van der Waals surface area contributed by atoms with Crippen LogP contribution in [0.1, 0.15) is 54.9 Å². The summed E-state index contributed by atoms with van der Waals surface area (Å²) >= 11 is 6.25. The highest BCUT2D eigenvalue weighted by Gasteiger charge is 2.31. The van der Waals surface area contributed by atoms with E-state index in [1.165, 1.54) is 0 Å². The summed E-state index contributed by atoms with van der Waals surface area (Å²) in [5.41, 5.74) is 6.40. The lowest BCUT2D eigenvalue weighted by atomic mass is 9.96. The molecule has 11 heteroatoms. The Balaban J connectivity index is 1.07. The number of carbonyl (C=O) groups excluding carboxylic acids is 3. The molecule has 3 heterocycles. The first kappa shape index (κ1) is 29.8. The number of carbonyl (C=O) groups is 3. The van der Waals surface area contributed by atoms with Crippen LogP contribution in [0.15, 0.2) is 42.5 Å². The average molecular weight is 592 g/mol. The molecule has 3 amide bonds. The lowest BCUT2D eigenvalue weighted by Gasteiger charge is -2.36. The number of piperidine rings is 2. The van der Waals surface area contributed by atoms with Crippen molar-refractivity contribution in [3.8, 4) is 6.07 Å². The Morgan fingerprint density at radius 3 is 2.50 bits per heavy atom. The van der Waals surface area contributed by atoms with E-state index in [2.05, 4.69) is 38.9 Å². The van der Waals surface area contributed by atoms with Crippen molar-refractivity contribution in [1.29, 1.82) is 5.26 Å². The quantitative estimate of drug-likeness (QED) is 0.316. The van der Waals surface area contributed by atoms with Gasteiger partial charge in [0.25, 0.3) is 5.91 Å².